The Balaban J connectivity index is 5.51. The molecule has 11 N–H and O–H groups in total. The monoisotopic (exact) mass is 450 g/mol. The molecule has 5 amide bonds. The molecule has 0 aliphatic heterocycles. The van der Waals surface area contributed by atoms with Crippen LogP contribution in [-0.2, 0) is 28.8 Å². The van der Waals surface area contributed by atoms with Gasteiger partial charge in [0, 0.05) is 5.75 Å². The number of rotatable bonds is 13. The van der Waals surface area contributed by atoms with E-state index >= 15 is 0 Å². The first-order chi connectivity index (χ1) is 13.8. The van der Waals surface area contributed by atoms with Gasteiger partial charge in [-0.15, -0.1) is 0 Å². The van der Waals surface area contributed by atoms with Crippen LogP contribution in [0.3, 0.4) is 0 Å². The van der Waals surface area contributed by atoms with Gasteiger partial charge in [0.2, 0.25) is 29.5 Å². The maximum Gasteiger partial charge on any atom is 0.328 e. The normalized spacial score (nSPS) is 15.6. The number of carbonyl (C=O) groups excluding carboxylic acids is 5. The van der Waals surface area contributed by atoms with E-state index < -0.39 is 78.6 Å². The van der Waals surface area contributed by atoms with Gasteiger partial charge in [-0.2, -0.15) is 12.6 Å². The summed E-state index contributed by atoms with van der Waals surface area (Å²) in [6, 6.07) is -6.06. The minimum Gasteiger partial charge on any atom is -0.480 e. The van der Waals surface area contributed by atoms with E-state index in [4.69, 9.17) is 22.3 Å². The number of carboxylic acids is 1. The van der Waals surface area contributed by atoms with Gasteiger partial charge in [-0.25, -0.2) is 4.79 Å². The fourth-order valence-corrected chi connectivity index (χ4v) is 2.26. The molecule has 0 heterocycles. The van der Waals surface area contributed by atoms with Gasteiger partial charge in [-0.05, 0) is 6.92 Å². The number of nitrogens with one attached hydrogen (secondary N) is 3. The van der Waals surface area contributed by atoms with Gasteiger partial charge in [0.1, 0.15) is 12.1 Å². The summed E-state index contributed by atoms with van der Waals surface area (Å²) in [5, 5.41) is 24.7. The van der Waals surface area contributed by atoms with Crippen molar-refractivity contribution in [1.29, 1.82) is 0 Å². The smallest absolute Gasteiger partial charge is 0.328 e. The lowest BCUT2D eigenvalue weighted by molar-refractivity contribution is -0.145. The second-order valence-corrected chi connectivity index (χ2v) is 6.68. The molecular formula is C15H26N6O8S. The maximum atomic E-state index is 12.5. The zero-order valence-electron chi connectivity index (χ0n) is 16.0. The first-order valence-corrected chi connectivity index (χ1v) is 9.18. The van der Waals surface area contributed by atoms with Crippen LogP contribution >= 0.6 is 12.6 Å². The third-order valence-electron chi connectivity index (χ3n) is 3.66. The van der Waals surface area contributed by atoms with Crippen LogP contribution in [-0.4, -0.2) is 81.7 Å². The predicted octanol–water partition coefficient (Wildman–Crippen LogP) is -5.09. The molecule has 0 saturated heterocycles. The summed E-state index contributed by atoms with van der Waals surface area (Å²) in [6.07, 6.45) is -2.90. The van der Waals surface area contributed by atoms with Gasteiger partial charge < -0.3 is 43.4 Å². The van der Waals surface area contributed by atoms with Crippen LogP contribution in [0, 0.1) is 0 Å². The predicted molar refractivity (Wildman–Crippen MR) is 105 cm³/mol. The summed E-state index contributed by atoms with van der Waals surface area (Å²) >= 11 is 3.83. The minimum atomic E-state index is -1.74. The lowest BCUT2D eigenvalue weighted by atomic mass is 10.1. The lowest BCUT2D eigenvalue weighted by Crippen LogP contribution is -2.59. The summed E-state index contributed by atoms with van der Waals surface area (Å²) < 4.78 is 0. The van der Waals surface area contributed by atoms with E-state index in [1.54, 1.807) is 0 Å². The molecule has 0 fully saturated rings. The fourth-order valence-electron chi connectivity index (χ4n) is 2.10. The van der Waals surface area contributed by atoms with Crippen LogP contribution in [0.1, 0.15) is 19.8 Å². The number of aliphatic hydroxyl groups is 1. The average molecular weight is 450 g/mol. The number of thiol groups is 1. The molecule has 15 heteroatoms. The number of carboxylic acid groups (broad SMARTS) is 1. The molecule has 30 heavy (non-hydrogen) atoms. The molecule has 0 aromatic heterocycles. The zero-order chi connectivity index (χ0) is 23.6. The molecule has 0 saturated carbocycles. The van der Waals surface area contributed by atoms with Gasteiger partial charge >= 0.3 is 5.97 Å². The van der Waals surface area contributed by atoms with Gasteiger partial charge in [0.05, 0.1) is 25.0 Å². The van der Waals surface area contributed by atoms with Crippen LogP contribution < -0.4 is 33.2 Å². The van der Waals surface area contributed by atoms with Gasteiger partial charge in [0.25, 0.3) is 0 Å². The number of hydrogen-bond acceptors (Lipinski definition) is 9. The summed E-state index contributed by atoms with van der Waals surface area (Å²) in [6.45, 7) is 1.10. The quantitative estimate of drug-likeness (QED) is 0.121. The van der Waals surface area contributed by atoms with E-state index in [1.807, 2.05) is 5.32 Å². The topological polar surface area (TPSA) is 257 Å². The molecule has 0 radical (unpaired) electrons. The SMILES string of the molecule is CC(O)C(NC(=O)C(CC(N)=O)NC(=O)C(CC(N)=O)NC(=O)C(N)CS)C(=O)O. The highest BCUT2D eigenvalue weighted by Crippen LogP contribution is 2.01. The molecule has 0 rings (SSSR count). The van der Waals surface area contributed by atoms with Crippen molar-refractivity contribution in [3.8, 4) is 0 Å². The van der Waals surface area contributed by atoms with E-state index in [2.05, 4.69) is 23.3 Å². The van der Waals surface area contributed by atoms with Crippen LogP contribution in [0.15, 0.2) is 0 Å². The Morgan fingerprint density at radius 1 is 0.867 bits per heavy atom. The first kappa shape index (κ1) is 27.1. The largest absolute Gasteiger partial charge is 0.480 e. The zero-order valence-corrected chi connectivity index (χ0v) is 16.9. The van der Waals surface area contributed by atoms with Crippen molar-refractivity contribution in [3.63, 3.8) is 0 Å². The molecular weight excluding hydrogens is 424 g/mol. The molecule has 5 atom stereocenters. The molecule has 5 unspecified atom stereocenters. The molecule has 0 aromatic carbocycles. The van der Waals surface area contributed by atoms with Crippen molar-refractivity contribution < 1.29 is 39.0 Å². The number of aliphatic carboxylic acids is 1. The number of hydrogen-bond donors (Lipinski definition) is 9. The van der Waals surface area contributed by atoms with Crippen molar-refractivity contribution in [2.75, 3.05) is 5.75 Å². The Morgan fingerprint density at radius 2 is 1.27 bits per heavy atom. The van der Waals surface area contributed by atoms with E-state index in [0.29, 0.717) is 0 Å². The molecule has 0 bridgehead atoms. The lowest BCUT2D eigenvalue weighted by Gasteiger charge is -2.24. The summed E-state index contributed by atoms with van der Waals surface area (Å²) in [4.78, 5) is 70.3. The Morgan fingerprint density at radius 3 is 1.60 bits per heavy atom. The number of aliphatic hydroxyl groups excluding tert-OH is 1. The van der Waals surface area contributed by atoms with Crippen molar-refractivity contribution in [2.45, 2.75) is 50.0 Å². The van der Waals surface area contributed by atoms with Gasteiger partial charge in [-0.3, -0.25) is 24.0 Å². The second-order valence-electron chi connectivity index (χ2n) is 6.32. The molecule has 170 valence electrons. The standard InChI is InChI=1S/C15H26N6O8S/c1-5(22)11(15(28)29)21-14(27)8(3-10(18)24)20-13(26)7(2-9(17)23)19-12(25)6(16)4-30/h5-8,11,22,30H,2-4,16H2,1H3,(H2,17,23)(H2,18,24)(H,19,25)(H,20,26)(H,21,27)(H,28,29). The summed E-state index contributed by atoms with van der Waals surface area (Å²) in [7, 11) is 0. The van der Waals surface area contributed by atoms with Crippen LogP contribution in [0.4, 0.5) is 0 Å². The summed E-state index contributed by atoms with van der Waals surface area (Å²) in [5.74, 6) is -6.69. The molecule has 0 aromatic rings. The molecule has 14 nitrogen and oxygen atoms in total. The van der Waals surface area contributed by atoms with Crippen molar-refractivity contribution in [3.05, 3.63) is 0 Å². The van der Waals surface area contributed by atoms with E-state index in [0.717, 1.165) is 6.92 Å². The number of amides is 5. The van der Waals surface area contributed by atoms with Crippen molar-refractivity contribution in [2.24, 2.45) is 17.2 Å². The van der Waals surface area contributed by atoms with Crippen molar-refractivity contribution in [1.82, 2.24) is 16.0 Å². The highest BCUT2D eigenvalue weighted by atomic mass is 32.1. The number of primary amides is 2. The van der Waals surface area contributed by atoms with Gasteiger partial charge in [0.15, 0.2) is 6.04 Å². The summed E-state index contributed by atoms with van der Waals surface area (Å²) in [5.41, 5.74) is 15.6. The Labute approximate surface area is 176 Å². The molecule has 0 spiro atoms. The first-order valence-electron chi connectivity index (χ1n) is 8.55. The average Bonchev–Trinajstić information content (AvgIpc) is 2.62. The Bertz CT molecular complexity index is 688. The number of nitrogens with two attached hydrogens (primary N) is 3. The molecule has 0 aliphatic carbocycles. The highest BCUT2D eigenvalue weighted by Gasteiger charge is 2.33. The fraction of sp³-hybridized carbons (Fsp3) is 0.600. The third kappa shape index (κ3) is 9.53. The second kappa shape index (κ2) is 12.6. The van der Waals surface area contributed by atoms with Crippen molar-refractivity contribution >= 4 is 48.1 Å². The van der Waals surface area contributed by atoms with Gasteiger partial charge in [-0.1, -0.05) is 0 Å². The Hall–Kier alpha value is -2.91. The van der Waals surface area contributed by atoms with E-state index in [9.17, 15) is 33.9 Å². The number of carbonyl (C=O) groups is 6. The maximum absolute atomic E-state index is 12.5. The molecule has 0 aliphatic rings. The third-order valence-corrected chi connectivity index (χ3v) is 4.05. The highest BCUT2D eigenvalue weighted by molar-refractivity contribution is 7.80. The van der Waals surface area contributed by atoms with Crippen LogP contribution in [0.2, 0.25) is 0 Å². The minimum absolute atomic E-state index is 0.0701. The van der Waals surface area contributed by atoms with Crippen LogP contribution in [0.5, 0.6) is 0 Å². The van der Waals surface area contributed by atoms with Crippen LogP contribution in [0.25, 0.3) is 0 Å². The Kier molecular flexibility index (Phi) is 11.4. The van der Waals surface area contributed by atoms with E-state index in [-0.39, 0.29) is 5.75 Å². The van der Waals surface area contributed by atoms with E-state index in [1.165, 1.54) is 0 Å².